The summed E-state index contributed by atoms with van der Waals surface area (Å²) in [5, 5.41) is 6.55. The molecule has 1 fully saturated rings. The largest absolute Gasteiger partial charge is 0.454 e. The first-order valence-corrected chi connectivity index (χ1v) is 8.86. The normalized spacial score (nSPS) is 20.1. The number of furan rings is 1. The van der Waals surface area contributed by atoms with Gasteiger partial charge in [-0.25, -0.2) is 4.98 Å². The van der Waals surface area contributed by atoms with Gasteiger partial charge >= 0.3 is 0 Å². The molecule has 0 unspecified atom stereocenters. The lowest BCUT2D eigenvalue weighted by Gasteiger charge is -2.35. The van der Waals surface area contributed by atoms with Gasteiger partial charge in [0.2, 0.25) is 5.95 Å². The fourth-order valence-electron chi connectivity index (χ4n) is 3.10. The van der Waals surface area contributed by atoms with Crippen LogP contribution >= 0.6 is 0 Å². The molecule has 0 saturated carbocycles. The number of hydrogen-bond acceptors (Lipinski definition) is 7. The van der Waals surface area contributed by atoms with Crippen molar-refractivity contribution in [1.29, 1.82) is 0 Å². The molecule has 0 bridgehead atoms. The Hall–Kier alpha value is -2.61. The summed E-state index contributed by atoms with van der Waals surface area (Å²) in [6.45, 7) is 5.51. The fourth-order valence-corrected chi connectivity index (χ4v) is 3.10. The predicted molar refractivity (Wildman–Crippen MR) is 97.8 cm³/mol. The first-order chi connectivity index (χ1) is 12.5. The van der Waals surface area contributed by atoms with Crippen LogP contribution in [0.25, 0.3) is 0 Å². The maximum absolute atomic E-state index is 11.1. The van der Waals surface area contributed by atoms with Crippen LogP contribution in [0.15, 0.2) is 28.8 Å². The van der Waals surface area contributed by atoms with Crippen LogP contribution in [0.5, 0.6) is 0 Å². The van der Waals surface area contributed by atoms with Crippen molar-refractivity contribution in [2.24, 2.45) is 11.7 Å². The summed E-state index contributed by atoms with van der Waals surface area (Å²) in [4.78, 5) is 19.8. The molecule has 8 nitrogen and oxygen atoms in total. The fraction of sp³-hybridized carbons (Fsp3) is 0.500. The molecule has 0 aromatic carbocycles. The molecule has 1 amide bonds. The average Bonchev–Trinajstić information content (AvgIpc) is 3.10. The SMILES string of the molecule is CC(C)[C@@H]1OCCC[C@@H]1Nc1ccnc(NCc2ccc(C(N)=O)o2)n1. The van der Waals surface area contributed by atoms with E-state index in [2.05, 4.69) is 34.4 Å². The van der Waals surface area contributed by atoms with E-state index in [0.29, 0.717) is 24.2 Å². The van der Waals surface area contributed by atoms with Gasteiger partial charge in [0.25, 0.3) is 5.91 Å². The molecular weight excluding hydrogens is 334 g/mol. The molecular formula is C18H25N5O3. The zero-order valence-electron chi connectivity index (χ0n) is 15.1. The number of anilines is 2. The van der Waals surface area contributed by atoms with Gasteiger partial charge in [0.15, 0.2) is 5.76 Å². The molecule has 26 heavy (non-hydrogen) atoms. The number of aromatic nitrogens is 2. The number of hydrogen-bond donors (Lipinski definition) is 3. The lowest BCUT2D eigenvalue weighted by atomic mass is 9.94. The smallest absolute Gasteiger partial charge is 0.284 e. The van der Waals surface area contributed by atoms with E-state index in [4.69, 9.17) is 14.9 Å². The van der Waals surface area contributed by atoms with Crippen LogP contribution < -0.4 is 16.4 Å². The highest BCUT2D eigenvalue weighted by atomic mass is 16.5. The first-order valence-electron chi connectivity index (χ1n) is 8.86. The highest BCUT2D eigenvalue weighted by Gasteiger charge is 2.28. The van der Waals surface area contributed by atoms with Gasteiger partial charge in [0.1, 0.15) is 11.6 Å². The highest BCUT2D eigenvalue weighted by Crippen LogP contribution is 2.23. The third-order valence-corrected chi connectivity index (χ3v) is 4.34. The van der Waals surface area contributed by atoms with E-state index < -0.39 is 5.91 Å². The van der Waals surface area contributed by atoms with Crippen molar-refractivity contribution in [3.05, 3.63) is 35.9 Å². The predicted octanol–water partition coefficient (Wildman–Crippen LogP) is 2.40. The van der Waals surface area contributed by atoms with Crippen molar-refractivity contribution in [1.82, 2.24) is 9.97 Å². The van der Waals surface area contributed by atoms with Crippen LogP contribution in [0.1, 0.15) is 43.0 Å². The molecule has 2 aromatic heterocycles. The van der Waals surface area contributed by atoms with Gasteiger partial charge in [0.05, 0.1) is 18.7 Å². The van der Waals surface area contributed by atoms with Gasteiger partial charge in [-0.2, -0.15) is 4.98 Å². The summed E-state index contributed by atoms with van der Waals surface area (Å²) in [6.07, 6.45) is 3.96. The van der Waals surface area contributed by atoms with E-state index in [0.717, 1.165) is 25.3 Å². The second-order valence-electron chi connectivity index (χ2n) is 6.72. The van der Waals surface area contributed by atoms with Crippen molar-refractivity contribution >= 4 is 17.7 Å². The molecule has 8 heteroatoms. The van der Waals surface area contributed by atoms with Gasteiger partial charge in [0, 0.05) is 12.8 Å². The molecule has 2 atom stereocenters. The number of nitrogens with two attached hydrogens (primary N) is 1. The van der Waals surface area contributed by atoms with Crippen molar-refractivity contribution in [3.8, 4) is 0 Å². The Morgan fingerprint density at radius 1 is 1.38 bits per heavy atom. The third-order valence-electron chi connectivity index (χ3n) is 4.34. The minimum Gasteiger partial charge on any atom is -0.454 e. The molecule has 140 valence electrons. The third kappa shape index (κ3) is 4.51. The van der Waals surface area contributed by atoms with Gasteiger partial charge in [-0.05, 0) is 37.0 Å². The Morgan fingerprint density at radius 2 is 2.23 bits per heavy atom. The number of nitrogens with zero attached hydrogens (tertiary/aromatic N) is 2. The van der Waals surface area contributed by atoms with Crippen LogP contribution in [0.3, 0.4) is 0 Å². The summed E-state index contributed by atoms with van der Waals surface area (Å²) in [6, 6.07) is 5.32. The number of ether oxygens (including phenoxy) is 1. The molecule has 4 N–H and O–H groups in total. The monoisotopic (exact) mass is 359 g/mol. The lowest BCUT2D eigenvalue weighted by molar-refractivity contribution is -0.0203. The van der Waals surface area contributed by atoms with E-state index in [1.165, 1.54) is 0 Å². The Bertz CT molecular complexity index is 746. The number of amides is 1. The Labute approximate surface area is 152 Å². The Balaban J connectivity index is 1.61. The summed E-state index contributed by atoms with van der Waals surface area (Å²) in [5.74, 6) is 1.79. The Kier molecular flexibility index (Phi) is 5.72. The summed E-state index contributed by atoms with van der Waals surface area (Å²) in [7, 11) is 0. The van der Waals surface area contributed by atoms with E-state index in [1.54, 1.807) is 18.3 Å². The second kappa shape index (κ2) is 8.18. The standard InChI is InChI=1S/C18H25N5O3/c1-11(2)16-13(4-3-9-25-16)22-15-7-8-20-18(23-15)21-10-12-5-6-14(26-12)17(19)24/h5-8,11,13,16H,3-4,9-10H2,1-2H3,(H2,19,24)(H2,20,21,22,23)/t13-,16-/m0/s1. The molecule has 2 aromatic rings. The number of rotatable bonds is 7. The first kappa shape index (κ1) is 18.2. The van der Waals surface area contributed by atoms with Crippen LogP contribution in [0.2, 0.25) is 0 Å². The van der Waals surface area contributed by atoms with Crippen molar-refractivity contribution in [2.75, 3.05) is 17.2 Å². The zero-order chi connectivity index (χ0) is 18.5. The van der Waals surface area contributed by atoms with Crippen molar-refractivity contribution in [2.45, 2.75) is 45.4 Å². The maximum Gasteiger partial charge on any atom is 0.284 e. The quantitative estimate of drug-likeness (QED) is 0.695. The van der Waals surface area contributed by atoms with Gasteiger partial charge < -0.3 is 25.5 Å². The summed E-state index contributed by atoms with van der Waals surface area (Å²) in [5.41, 5.74) is 5.18. The molecule has 1 aliphatic rings. The van der Waals surface area contributed by atoms with Crippen LogP contribution in [0.4, 0.5) is 11.8 Å². The van der Waals surface area contributed by atoms with Gasteiger partial charge in [-0.3, -0.25) is 4.79 Å². The zero-order valence-corrected chi connectivity index (χ0v) is 15.1. The van der Waals surface area contributed by atoms with Crippen molar-refractivity contribution in [3.63, 3.8) is 0 Å². The topological polar surface area (TPSA) is 115 Å². The molecule has 3 rings (SSSR count). The number of nitrogens with one attached hydrogen (secondary N) is 2. The molecule has 0 aliphatic carbocycles. The maximum atomic E-state index is 11.1. The summed E-state index contributed by atoms with van der Waals surface area (Å²) < 4.78 is 11.2. The van der Waals surface area contributed by atoms with Gasteiger partial charge in [-0.1, -0.05) is 13.8 Å². The molecule has 0 spiro atoms. The van der Waals surface area contributed by atoms with Crippen LogP contribution in [-0.2, 0) is 11.3 Å². The number of carbonyl (C=O) groups is 1. The van der Waals surface area contributed by atoms with E-state index in [-0.39, 0.29) is 17.9 Å². The molecule has 1 aliphatic heterocycles. The number of carbonyl (C=O) groups excluding carboxylic acids is 1. The van der Waals surface area contributed by atoms with Crippen LogP contribution in [-0.4, -0.2) is 34.6 Å². The minimum atomic E-state index is -0.590. The minimum absolute atomic E-state index is 0.134. The van der Waals surface area contributed by atoms with Crippen LogP contribution in [0, 0.1) is 5.92 Å². The van der Waals surface area contributed by atoms with E-state index in [9.17, 15) is 4.79 Å². The second-order valence-corrected chi connectivity index (χ2v) is 6.72. The van der Waals surface area contributed by atoms with E-state index in [1.807, 2.05) is 6.07 Å². The van der Waals surface area contributed by atoms with Gasteiger partial charge in [-0.15, -0.1) is 0 Å². The molecule has 1 saturated heterocycles. The summed E-state index contributed by atoms with van der Waals surface area (Å²) >= 11 is 0. The van der Waals surface area contributed by atoms with E-state index >= 15 is 0 Å². The highest BCUT2D eigenvalue weighted by molar-refractivity contribution is 5.89. The Morgan fingerprint density at radius 3 is 2.96 bits per heavy atom. The lowest BCUT2D eigenvalue weighted by Crippen LogP contribution is -2.43. The van der Waals surface area contributed by atoms with Crippen molar-refractivity contribution < 1.29 is 13.9 Å². The number of primary amides is 1. The average molecular weight is 359 g/mol. The molecule has 0 radical (unpaired) electrons. The molecule has 3 heterocycles.